The first-order chi connectivity index (χ1) is 11.5. The first kappa shape index (κ1) is 17.7. The Bertz CT molecular complexity index is 729. The highest BCUT2D eigenvalue weighted by Crippen LogP contribution is 2.36. The fourth-order valence-corrected chi connectivity index (χ4v) is 2.61. The molecule has 7 nitrogen and oxygen atoms in total. The van der Waals surface area contributed by atoms with Crippen LogP contribution in [0.25, 0.3) is 6.08 Å². The zero-order chi connectivity index (χ0) is 17.9. The van der Waals surface area contributed by atoms with Crippen LogP contribution in [-0.4, -0.2) is 49.7 Å². The van der Waals surface area contributed by atoms with Gasteiger partial charge in [-0.2, -0.15) is 0 Å². The lowest BCUT2D eigenvalue weighted by Crippen LogP contribution is -2.53. The fraction of sp³-hybridized carbons (Fsp3) is 0.312. The van der Waals surface area contributed by atoms with Crippen LogP contribution in [0.2, 0.25) is 0 Å². The lowest BCUT2D eigenvalue weighted by Gasteiger charge is -2.27. The minimum atomic E-state index is -0.550. The molecule has 1 aliphatic rings. The van der Waals surface area contributed by atoms with Gasteiger partial charge in [-0.05, 0) is 31.3 Å². The first-order valence-electron chi connectivity index (χ1n) is 7.15. The van der Waals surface area contributed by atoms with Gasteiger partial charge in [0, 0.05) is 18.2 Å². The van der Waals surface area contributed by atoms with Crippen LogP contribution in [0.3, 0.4) is 0 Å². The van der Waals surface area contributed by atoms with E-state index < -0.39 is 11.8 Å². The van der Waals surface area contributed by atoms with Crippen molar-refractivity contribution in [1.82, 2.24) is 10.2 Å². The van der Waals surface area contributed by atoms with Gasteiger partial charge in [0.2, 0.25) is 0 Å². The number of hydrogen-bond acceptors (Lipinski definition) is 6. The standard InChI is InChI=1S/C16H18N2O5S/c1-5-18-15(20)10(14(19)17-16(18)24)6-9-7-12(22-3)13(23-4)8-11(9)21-2/h6-8H,5H2,1-4H3,(H,17,19,24)/b10-6+. The molecule has 1 N–H and O–H groups in total. The minimum absolute atomic E-state index is 0.0315. The molecule has 1 saturated heterocycles. The molecule has 0 aromatic heterocycles. The predicted octanol–water partition coefficient (Wildman–Crippen LogP) is 1.36. The average molecular weight is 350 g/mol. The molecule has 24 heavy (non-hydrogen) atoms. The second-order valence-electron chi connectivity index (χ2n) is 4.82. The molecule has 1 heterocycles. The van der Waals surface area contributed by atoms with Crippen molar-refractivity contribution in [2.45, 2.75) is 6.92 Å². The van der Waals surface area contributed by atoms with Crippen LogP contribution in [0, 0.1) is 0 Å². The summed E-state index contributed by atoms with van der Waals surface area (Å²) in [5.41, 5.74) is 0.480. The average Bonchev–Trinajstić information content (AvgIpc) is 2.58. The van der Waals surface area contributed by atoms with Crippen LogP contribution in [0.4, 0.5) is 0 Å². The van der Waals surface area contributed by atoms with Gasteiger partial charge >= 0.3 is 0 Å². The molecule has 0 radical (unpaired) electrons. The summed E-state index contributed by atoms with van der Waals surface area (Å²) in [7, 11) is 4.49. The maximum atomic E-state index is 12.5. The van der Waals surface area contributed by atoms with Gasteiger partial charge in [-0.15, -0.1) is 0 Å². The third-order valence-corrected chi connectivity index (χ3v) is 3.86. The van der Waals surface area contributed by atoms with E-state index in [0.717, 1.165) is 0 Å². The maximum absolute atomic E-state index is 12.5. The van der Waals surface area contributed by atoms with Crippen molar-refractivity contribution in [2.24, 2.45) is 0 Å². The molecule has 128 valence electrons. The van der Waals surface area contributed by atoms with E-state index in [1.165, 1.54) is 32.3 Å². The second-order valence-corrected chi connectivity index (χ2v) is 5.20. The third-order valence-electron chi connectivity index (χ3n) is 3.54. The Hall–Kier alpha value is -2.61. The van der Waals surface area contributed by atoms with E-state index in [9.17, 15) is 9.59 Å². The van der Waals surface area contributed by atoms with E-state index in [2.05, 4.69) is 5.32 Å². The number of carbonyl (C=O) groups excluding carboxylic acids is 2. The van der Waals surface area contributed by atoms with Gasteiger partial charge in [0.1, 0.15) is 11.3 Å². The molecular weight excluding hydrogens is 332 g/mol. The van der Waals surface area contributed by atoms with Gasteiger partial charge in [0.25, 0.3) is 11.8 Å². The molecule has 0 unspecified atom stereocenters. The summed E-state index contributed by atoms with van der Waals surface area (Å²) in [5, 5.41) is 2.60. The van der Waals surface area contributed by atoms with Crippen molar-refractivity contribution in [3.63, 3.8) is 0 Å². The van der Waals surface area contributed by atoms with Gasteiger partial charge in [-0.25, -0.2) is 0 Å². The highest BCUT2D eigenvalue weighted by Gasteiger charge is 2.32. The van der Waals surface area contributed by atoms with Crippen molar-refractivity contribution >= 4 is 35.2 Å². The molecule has 1 aromatic rings. The Morgan fingerprint density at radius 2 is 1.67 bits per heavy atom. The summed E-state index contributed by atoms with van der Waals surface area (Å²) in [6.07, 6.45) is 1.45. The molecule has 0 bridgehead atoms. The number of ether oxygens (including phenoxy) is 3. The molecule has 1 aromatic carbocycles. The summed E-state index contributed by atoms with van der Waals surface area (Å²) in [4.78, 5) is 25.9. The molecule has 2 rings (SSSR count). The second kappa shape index (κ2) is 7.31. The number of benzene rings is 1. The van der Waals surface area contributed by atoms with Crippen LogP contribution in [0.1, 0.15) is 12.5 Å². The lowest BCUT2D eigenvalue weighted by molar-refractivity contribution is -0.128. The Labute approximate surface area is 145 Å². The number of thiocarbonyl (C=S) groups is 1. The van der Waals surface area contributed by atoms with E-state index in [0.29, 0.717) is 29.4 Å². The number of methoxy groups -OCH3 is 3. The minimum Gasteiger partial charge on any atom is -0.496 e. The number of rotatable bonds is 5. The van der Waals surface area contributed by atoms with Crippen molar-refractivity contribution < 1.29 is 23.8 Å². The van der Waals surface area contributed by atoms with Crippen molar-refractivity contribution in [3.05, 3.63) is 23.3 Å². The maximum Gasteiger partial charge on any atom is 0.265 e. The van der Waals surface area contributed by atoms with Crippen LogP contribution >= 0.6 is 12.2 Å². The zero-order valence-electron chi connectivity index (χ0n) is 13.8. The number of carbonyl (C=O) groups is 2. The van der Waals surface area contributed by atoms with Crippen molar-refractivity contribution in [2.75, 3.05) is 27.9 Å². The molecule has 0 saturated carbocycles. The van der Waals surface area contributed by atoms with Crippen LogP contribution in [0.15, 0.2) is 17.7 Å². The van der Waals surface area contributed by atoms with Gasteiger partial charge in [0.05, 0.1) is 21.3 Å². The van der Waals surface area contributed by atoms with E-state index in [4.69, 9.17) is 26.4 Å². The third kappa shape index (κ3) is 3.18. The number of nitrogens with one attached hydrogen (secondary N) is 1. The van der Waals surface area contributed by atoms with E-state index >= 15 is 0 Å². The smallest absolute Gasteiger partial charge is 0.265 e. The quantitative estimate of drug-likeness (QED) is 0.491. The summed E-state index contributed by atoms with van der Waals surface area (Å²) in [5.74, 6) is 0.371. The Morgan fingerprint density at radius 1 is 1.08 bits per heavy atom. The van der Waals surface area contributed by atoms with Crippen molar-refractivity contribution in [3.8, 4) is 17.2 Å². The summed E-state index contributed by atoms with van der Waals surface area (Å²) in [6.45, 7) is 2.13. The molecule has 8 heteroatoms. The monoisotopic (exact) mass is 350 g/mol. The zero-order valence-corrected chi connectivity index (χ0v) is 14.7. The molecule has 0 spiro atoms. The largest absolute Gasteiger partial charge is 0.496 e. The topological polar surface area (TPSA) is 77.1 Å². The predicted molar refractivity (Wildman–Crippen MR) is 92.2 cm³/mol. The van der Waals surface area contributed by atoms with E-state index in [1.54, 1.807) is 19.1 Å². The summed E-state index contributed by atoms with van der Waals surface area (Å²) < 4.78 is 15.8. The normalized spacial score (nSPS) is 16.2. The molecule has 2 amide bonds. The lowest BCUT2D eigenvalue weighted by atomic mass is 10.1. The molecule has 1 aliphatic heterocycles. The van der Waals surface area contributed by atoms with E-state index in [-0.39, 0.29) is 10.7 Å². The highest BCUT2D eigenvalue weighted by molar-refractivity contribution is 7.80. The van der Waals surface area contributed by atoms with Gasteiger partial charge < -0.3 is 14.2 Å². The number of hydrogen-bond donors (Lipinski definition) is 1. The van der Waals surface area contributed by atoms with Crippen LogP contribution in [0.5, 0.6) is 17.2 Å². The first-order valence-corrected chi connectivity index (χ1v) is 7.56. The Kier molecular flexibility index (Phi) is 5.40. The van der Waals surface area contributed by atoms with Crippen LogP contribution in [-0.2, 0) is 9.59 Å². The highest BCUT2D eigenvalue weighted by atomic mass is 32.1. The number of nitrogens with zero attached hydrogens (tertiary/aromatic N) is 1. The SMILES string of the molecule is CCN1C(=O)/C(=C/c2cc(OC)c(OC)cc2OC)C(=O)NC1=S. The van der Waals surface area contributed by atoms with E-state index in [1.807, 2.05) is 0 Å². The molecule has 1 fully saturated rings. The molecular formula is C16H18N2O5S. The molecule has 0 aliphatic carbocycles. The Morgan fingerprint density at radius 3 is 2.21 bits per heavy atom. The Balaban J connectivity index is 2.54. The van der Waals surface area contributed by atoms with Gasteiger partial charge in [-0.3, -0.25) is 19.8 Å². The molecule has 0 atom stereocenters. The van der Waals surface area contributed by atoms with Gasteiger partial charge in [-0.1, -0.05) is 0 Å². The van der Waals surface area contributed by atoms with Crippen LogP contribution < -0.4 is 19.5 Å². The fourth-order valence-electron chi connectivity index (χ4n) is 2.30. The summed E-state index contributed by atoms with van der Waals surface area (Å²) in [6, 6.07) is 3.26. The number of amides is 2. The van der Waals surface area contributed by atoms with Gasteiger partial charge in [0.15, 0.2) is 16.6 Å². The number of likely N-dealkylation sites (N-methyl/N-ethyl adjacent to an activating group) is 1. The van der Waals surface area contributed by atoms with Crippen molar-refractivity contribution in [1.29, 1.82) is 0 Å². The summed E-state index contributed by atoms with van der Waals surface area (Å²) >= 11 is 5.00.